The van der Waals surface area contributed by atoms with Gasteiger partial charge < -0.3 is 9.64 Å². The highest BCUT2D eigenvalue weighted by atomic mass is 79.9. The molecule has 0 aromatic carbocycles. The average Bonchev–Trinajstić information content (AvgIpc) is 2.65. The summed E-state index contributed by atoms with van der Waals surface area (Å²) in [5, 5.41) is 1.19. The minimum Gasteiger partial charge on any atom is -0.339 e. The van der Waals surface area contributed by atoms with Gasteiger partial charge >= 0.3 is 0 Å². The molecule has 1 aromatic heterocycles. The highest BCUT2D eigenvalue weighted by Gasteiger charge is 2.17. The average molecular weight is 317 g/mol. The number of thiophene rings is 1. The van der Waals surface area contributed by atoms with Gasteiger partial charge in [-0.15, -0.1) is 11.3 Å². The zero-order valence-corrected chi connectivity index (χ0v) is 12.6. The van der Waals surface area contributed by atoms with Crippen LogP contribution in [0.1, 0.15) is 26.7 Å². The number of rotatable bonds is 5. The third kappa shape index (κ3) is 3.09. The monoisotopic (exact) mass is 316 g/mol. The predicted octanol–water partition coefficient (Wildman–Crippen LogP) is 2.30. The predicted molar refractivity (Wildman–Crippen MR) is 74.3 cm³/mol. The lowest BCUT2D eigenvalue weighted by Crippen LogP contribution is -2.41. The maximum absolute atomic E-state index is 5.78. The molecule has 0 bridgehead atoms. The molecule has 1 atom stereocenters. The Labute approximate surface area is 114 Å². The molecule has 5 heteroatoms. The van der Waals surface area contributed by atoms with Crippen LogP contribution in [0.2, 0.25) is 0 Å². The first kappa shape index (κ1) is 13.1. The lowest BCUT2D eigenvalue weighted by atomic mass is 10.4. The van der Waals surface area contributed by atoms with Gasteiger partial charge in [0, 0.05) is 18.0 Å². The van der Waals surface area contributed by atoms with E-state index in [9.17, 15) is 0 Å². The first-order valence-electron chi connectivity index (χ1n) is 5.97. The van der Waals surface area contributed by atoms with E-state index in [1.54, 1.807) is 11.3 Å². The summed E-state index contributed by atoms with van der Waals surface area (Å²) in [6.45, 7) is 6.02. The van der Waals surface area contributed by atoms with E-state index < -0.39 is 0 Å². The summed E-state index contributed by atoms with van der Waals surface area (Å²) in [5.41, 5.74) is 0. The minimum absolute atomic E-state index is 0.145. The van der Waals surface area contributed by atoms with Gasteiger partial charge in [0.2, 0.25) is 6.35 Å². The quantitative estimate of drug-likeness (QED) is 0.832. The van der Waals surface area contributed by atoms with Crippen LogP contribution in [0.4, 0.5) is 0 Å². The highest BCUT2D eigenvalue weighted by Crippen LogP contribution is 2.13. The molecule has 0 saturated heterocycles. The van der Waals surface area contributed by atoms with Crippen LogP contribution < -0.4 is 9.89 Å². The summed E-state index contributed by atoms with van der Waals surface area (Å²) in [4.78, 5) is 6.84. The van der Waals surface area contributed by atoms with Crippen molar-refractivity contribution in [2.45, 2.75) is 33.0 Å². The van der Waals surface area contributed by atoms with Crippen LogP contribution >= 0.6 is 27.3 Å². The standard InChI is InChI=1S/C12H17BrN2OS/c1-3-5-15-8-9-7-10(13)17-11(9)14-12(15)16-6-4-2/h7-8,12H,3-6H2,1-2H3. The van der Waals surface area contributed by atoms with Gasteiger partial charge in [-0.1, -0.05) is 13.8 Å². The smallest absolute Gasteiger partial charge is 0.229 e. The van der Waals surface area contributed by atoms with Crippen molar-refractivity contribution in [1.82, 2.24) is 4.90 Å². The molecule has 17 heavy (non-hydrogen) atoms. The Hall–Kier alpha value is -0.390. The molecule has 1 aliphatic rings. The van der Waals surface area contributed by atoms with Crippen molar-refractivity contribution < 1.29 is 4.74 Å². The Morgan fingerprint density at radius 1 is 1.47 bits per heavy atom. The number of nitrogens with zero attached hydrogens (tertiary/aromatic N) is 2. The molecular formula is C12H17BrN2OS. The van der Waals surface area contributed by atoms with Crippen LogP contribution in [0, 0.1) is 0 Å². The normalized spacial score (nSPS) is 18.5. The molecular weight excluding hydrogens is 300 g/mol. The van der Waals surface area contributed by atoms with Gasteiger partial charge in [0.25, 0.3) is 0 Å². The van der Waals surface area contributed by atoms with Crippen molar-refractivity contribution >= 4 is 33.5 Å². The fourth-order valence-corrected chi connectivity index (χ4v) is 3.21. The molecule has 0 fully saturated rings. The number of hydrogen-bond acceptors (Lipinski definition) is 4. The first-order chi connectivity index (χ1) is 8.24. The molecule has 0 N–H and O–H groups in total. The highest BCUT2D eigenvalue weighted by molar-refractivity contribution is 9.11. The SMILES string of the molecule is CCCOC1N=c2sc(Br)cc2=CN1CCC. The van der Waals surface area contributed by atoms with Gasteiger partial charge in [0.15, 0.2) is 0 Å². The van der Waals surface area contributed by atoms with E-state index in [1.165, 1.54) is 5.22 Å². The van der Waals surface area contributed by atoms with Crippen molar-refractivity contribution in [3.63, 3.8) is 0 Å². The Balaban J connectivity index is 2.28. The third-order valence-electron chi connectivity index (χ3n) is 2.48. The maximum atomic E-state index is 5.78. The Bertz CT molecular complexity index is 485. The molecule has 0 aliphatic carbocycles. The molecule has 0 radical (unpaired) electrons. The lowest BCUT2D eigenvalue weighted by molar-refractivity contribution is -0.0260. The second-order valence-electron chi connectivity index (χ2n) is 4.00. The van der Waals surface area contributed by atoms with E-state index in [0.29, 0.717) is 0 Å². The van der Waals surface area contributed by atoms with Gasteiger partial charge in [-0.25, -0.2) is 4.99 Å². The minimum atomic E-state index is -0.145. The van der Waals surface area contributed by atoms with Crippen LogP contribution in [0.25, 0.3) is 6.20 Å². The summed E-state index contributed by atoms with van der Waals surface area (Å²) >= 11 is 5.16. The molecule has 0 saturated carbocycles. The van der Waals surface area contributed by atoms with Gasteiger partial charge in [-0.2, -0.15) is 0 Å². The molecule has 3 nitrogen and oxygen atoms in total. The van der Waals surface area contributed by atoms with Crippen molar-refractivity contribution in [3.8, 4) is 0 Å². The van der Waals surface area contributed by atoms with E-state index in [-0.39, 0.29) is 6.35 Å². The molecule has 0 amide bonds. The van der Waals surface area contributed by atoms with E-state index in [1.807, 2.05) is 0 Å². The number of halogens is 1. The van der Waals surface area contributed by atoms with Gasteiger partial charge in [0.05, 0.1) is 10.4 Å². The third-order valence-corrected chi connectivity index (χ3v) is 4.04. The largest absolute Gasteiger partial charge is 0.339 e. The van der Waals surface area contributed by atoms with E-state index >= 15 is 0 Å². The van der Waals surface area contributed by atoms with Crippen LogP contribution in [0.5, 0.6) is 0 Å². The van der Waals surface area contributed by atoms with Gasteiger partial charge in [-0.05, 0) is 34.8 Å². The number of fused-ring (bicyclic) bond motifs is 1. The Morgan fingerprint density at radius 2 is 2.29 bits per heavy atom. The molecule has 1 unspecified atom stereocenters. The maximum Gasteiger partial charge on any atom is 0.229 e. The second-order valence-corrected chi connectivity index (χ2v) is 6.41. The summed E-state index contributed by atoms with van der Waals surface area (Å²) < 4.78 is 7.96. The molecule has 1 aliphatic heterocycles. The van der Waals surface area contributed by atoms with Crippen molar-refractivity contribution in [2.24, 2.45) is 4.99 Å². The molecule has 0 spiro atoms. The van der Waals surface area contributed by atoms with Crippen LogP contribution in [-0.2, 0) is 4.74 Å². The second kappa shape index (κ2) is 5.98. The van der Waals surface area contributed by atoms with E-state index in [2.05, 4.69) is 51.9 Å². The summed E-state index contributed by atoms with van der Waals surface area (Å²) in [6, 6.07) is 2.11. The van der Waals surface area contributed by atoms with Crippen molar-refractivity contribution in [2.75, 3.05) is 13.2 Å². The fourth-order valence-electron chi connectivity index (χ4n) is 1.76. The molecule has 1 aromatic rings. The van der Waals surface area contributed by atoms with Crippen LogP contribution in [0.15, 0.2) is 14.8 Å². The fraction of sp³-hybridized carbons (Fsp3) is 0.583. The summed E-state index contributed by atoms with van der Waals surface area (Å²) in [6.07, 6.45) is 4.13. The number of ether oxygens (including phenoxy) is 1. The van der Waals surface area contributed by atoms with Crippen molar-refractivity contribution in [1.29, 1.82) is 0 Å². The first-order valence-corrected chi connectivity index (χ1v) is 7.58. The zero-order valence-electron chi connectivity index (χ0n) is 10.1. The topological polar surface area (TPSA) is 24.8 Å². The Morgan fingerprint density at radius 3 is 3.00 bits per heavy atom. The van der Waals surface area contributed by atoms with Gasteiger partial charge in [0.1, 0.15) is 4.67 Å². The summed E-state index contributed by atoms with van der Waals surface area (Å²) in [5.74, 6) is 0. The van der Waals surface area contributed by atoms with Crippen molar-refractivity contribution in [3.05, 3.63) is 19.7 Å². The van der Waals surface area contributed by atoms with Gasteiger partial charge in [-0.3, -0.25) is 0 Å². The van der Waals surface area contributed by atoms with Crippen LogP contribution in [0.3, 0.4) is 0 Å². The lowest BCUT2D eigenvalue weighted by Gasteiger charge is -2.28. The van der Waals surface area contributed by atoms with Crippen LogP contribution in [-0.4, -0.2) is 24.4 Å². The Kier molecular flexibility index (Phi) is 4.59. The number of hydrogen-bond donors (Lipinski definition) is 0. The zero-order chi connectivity index (χ0) is 12.3. The molecule has 2 rings (SSSR count). The van der Waals surface area contributed by atoms with E-state index in [4.69, 9.17) is 4.74 Å². The summed E-state index contributed by atoms with van der Waals surface area (Å²) in [7, 11) is 0. The molecule has 94 valence electrons. The molecule has 2 heterocycles. The van der Waals surface area contributed by atoms with E-state index in [0.717, 1.165) is 34.5 Å².